The van der Waals surface area contributed by atoms with Crippen LogP contribution in [0.1, 0.15) is 48.4 Å². The van der Waals surface area contributed by atoms with E-state index in [9.17, 15) is 13.2 Å². The fourth-order valence-electron chi connectivity index (χ4n) is 4.12. The number of likely N-dealkylation sites (tertiary alicyclic amines) is 1. The Hall–Kier alpha value is -2.02. The van der Waals surface area contributed by atoms with Crippen LogP contribution >= 0.6 is 0 Å². The standard InChI is InChI=1S/C20H25F3N4/c1-26-12-9-14(10-13-26)18-17-4-2-3-11-24-19(17)27(25-18)16-7-5-15(6-8-16)20(21,22)23/h5-8,14,24H,2-4,9-13H2,1H3. The molecular weight excluding hydrogens is 353 g/mol. The van der Waals surface area contributed by atoms with E-state index in [4.69, 9.17) is 5.10 Å². The van der Waals surface area contributed by atoms with Crippen LogP contribution in [-0.4, -0.2) is 41.4 Å². The number of nitrogens with zero attached hydrogens (tertiary/aromatic N) is 3. The third kappa shape index (κ3) is 3.70. The molecule has 0 radical (unpaired) electrons. The Bertz CT molecular complexity index is 787. The molecule has 2 aliphatic rings. The molecule has 0 amide bonds. The van der Waals surface area contributed by atoms with Gasteiger partial charge in [-0.25, -0.2) is 4.68 Å². The highest BCUT2D eigenvalue weighted by Gasteiger charge is 2.31. The van der Waals surface area contributed by atoms with Gasteiger partial charge >= 0.3 is 6.18 Å². The predicted octanol–water partition coefficient (Wildman–Crippen LogP) is 4.45. The lowest BCUT2D eigenvalue weighted by atomic mass is 9.90. The van der Waals surface area contributed by atoms with Crippen molar-refractivity contribution in [3.8, 4) is 5.69 Å². The zero-order valence-electron chi connectivity index (χ0n) is 15.5. The number of piperidine rings is 1. The number of hydrogen-bond donors (Lipinski definition) is 1. The zero-order valence-corrected chi connectivity index (χ0v) is 15.5. The Morgan fingerprint density at radius 3 is 2.44 bits per heavy atom. The largest absolute Gasteiger partial charge is 0.416 e. The van der Waals surface area contributed by atoms with E-state index >= 15 is 0 Å². The van der Waals surface area contributed by atoms with Gasteiger partial charge in [0.05, 0.1) is 16.9 Å². The molecule has 1 N–H and O–H groups in total. The molecule has 1 saturated heterocycles. The number of nitrogens with one attached hydrogen (secondary N) is 1. The summed E-state index contributed by atoms with van der Waals surface area (Å²) in [5, 5.41) is 8.37. The number of anilines is 1. The third-order valence-electron chi connectivity index (χ3n) is 5.71. The smallest absolute Gasteiger partial charge is 0.370 e. The molecule has 7 heteroatoms. The van der Waals surface area contributed by atoms with Gasteiger partial charge in [-0.2, -0.15) is 18.3 Å². The Labute approximate surface area is 157 Å². The molecule has 1 aromatic carbocycles. The number of halogens is 3. The minimum Gasteiger partial charge on any atom is -0.370 e. The van der Waals surface area contributed by atoms with E-state index in [1.54, 1.807) is 0 Å². The molecule has 0 atom stereocenters. The van der Waals surface area contributed by atoms with E-state index in [1.807, 2.05) is 4.68 Å². The number of benzene rings is 1. The van der Waals surface area contributed by atoms with Gasteiger partial charge in [0.2, 0.25) is 0 Å². The van der Waals surface area contributed by atoms with Gasteiger partial charge in [0.1, 0.15) is 5.82 Å². The van der Waals surface area contributed by atoms with Crippen molar-refractivity contribution in [1.82, 2.24) is 14.7 Å². The number of rotatable bonds is 2. The molecule has 146 valence electrons. The second-order valence-corrected chi connectivity index (χ2v) is 7.63. The van der Waals surface area contributed by atoms with Crippen molar-refractivity contribution in [3.63, 3.8) is 0 Å². The van der Waals surface area contributed by atoms with E-state index in [0.29, 0.717) is 11.6 Å². The van der Waals surface area contributed by atoms with Crippen LogP contribution in [0.3, 0.4) is 0 Å². The summed E-state index contributed by atoms with van der Waals surface area (Å²) < 4.78 is 40.5. The number of hydrogen-bond acceptors (Lipinski definition) is 3. The average Bonchev–Trinajstić information content (AvgIpc) is 2.83. The van der Waals surface area contributed by atoms with Gasteiger partial charge in [-0.15, -0.1) is 0 Å². The molecule has 2 aromatic rings. The highest BCUT2D eigenvalue weighted by Crippen LogP contribution is 2.37. The highest BCUT2D eigenvalue weighted by atomic mass is 19.4. The van der Waals surface area contributed by atoms with E-state index in [1.165, 1.54) is 17.7 Å². The van der Waals surface area contributed by atoms with Crippen LogP contribution in [0.25, 0.3) is 5.69 Å². The second kappa shape index (κ2) is 7.19. The van der Waals surface area contributed by atoms with Crippen LogP contribution in [-0.2, 0) is 12.6 Å². The van der Waals surface area contributed by atoms with Crippen molar-refractivity contribution in [1.29, 1.82) is 0 Å². The van der Waals surface area contributed by atoms with Crippen LogP contribution in [0.4, 0.5) is 19.0 Å². The summed E-state index contributed by atoms with van der Waals surface area (Å²) in [5.41, 5.74) is 2.43. The van der Waals surface area contributed by atoms with E-state index in [2.05, 4.69) is 17.3 Å². The van der Waals surface area contributed by atoms with Crippen molar-refractivity contribution in [2.24, 2.45) is 0 Å². The van der Waals surface area contributed by atoms with E-state index < -0.39 is 11.7 Å². The van der Waals surface area contributed by atoms with Crippen LogP contribution < -0.4 is 5.32 Å². The van der Waals surface area contributed by atoms with E-state index in [-0.39, 0.29) is 0 Å². The van der Waals surface area contributed by atoms with Crippen LogP contribution in [0.2, 0.25) is 0 Å². The summed E-state index contributed by atoms with van der Waals surface area (Å²) in [7, 11) is 2.14. The van der Waals surface area contributed by atoms with Gasteiger partial charge in [-0.1, -0.05) is 0 Å². The fourth-order valence-corrected chi connectivity index (χ4v) is 4.12. The van der Waals surface area contributed by atoms with Crippen molar-refractivity contribution in [2.45, 2.75) is 44.2 Å². The highest BCUT2D eigenvalue weighted by molar-refractivity contribution is 5.55. The normalized spacial score (nSPS) is 19.4. The van der Waals surface area contributed by atoms with Gasteiger partial charge in [0, 0.05) is 18.0 Å². The molecule has 3 heterocycles. The predicted molar refractivity (Wildman–Crippen MR) is 99.5 cm³/mol. The lowest BCUT2D eigenvalue weighted by molar-refractivity contribution is -0.137. The molecule has 2 aliphatic heterocycles. The number of aromatic nitrogens is 2. The van der Waals surface area contributed by atoms with Gasteiger partial charge in [0.15, 0.2) is 0 Å². The van der Waals surface area contributed by atoms with Gasteiger partial charge in [-0.05, 0) is 76.5 Å². The first kappa shape index (κ1) is 18.3. The summed E-state index contributed by atoms with van der Waals surface area (Å²) in [5.74, 6) is 1.38. The monoisotopic (exact) mass is 378 g/mol. The first-order valence-electron chi connectivity index (χ1n) is 9.65. The Kier molecular flexibility index (Phi) is 4.88. The molecular formula is C20H25F3N4. The Morgan fingerprint density at radius 2 is 1.78 bits per heavy atom. The summed E-state index contributed by atoms with van der Waals surface area (Å²) in [6, 6.07) is 5.30. The quantitative estimate of drug-likeness (QED) is 0.838. The van der Waals surface area contributed by atoms with Crippen molar-refractivity contribution < 1.29 is 13.2 Å². The Balaban J connectivity index is 1.72. The molecule has 0 saturated carbocycles. The number of fused-ring (bicyclic) bond motifs is 1. The maximum absolute atomic E-state index is 12.9. The summed E-state index contributed by atoms with van der Waals surface area (Å²) in [6.07, 6.45) is 1.01. The molecule has 27 heavy (non-hydrogen) atoms. The molecule has 4 nitrogen and oxygen atoms in total. The lowest BCUT2D eigenvalue weighted by Gasteiger charge is -2.28. The summed E-state index contributed by atoms with van der Waals surface area (Å²) in [4.78, 5) is 2.33. The summed E-state index contributed by atoms with van der Waals surface area (Å²) >= 11 is 0. The summed E-state index contributed by atoms with van der Waals surface area (Å²) in [6.45, 7) is 2.98. The third-order valence-corrected chi connectivity index (χ3v) is 5.71. The van der Waals surface area contributed by atoms with Gasteiger partial charge in [0.25, 0.3) is 0 Å². The van der Waals surface area contributed by atoms with Crippen LogP contribution in [0, 0.1) is 0 Å². The Morgan fingerprint density at radius 1 is 1.07 bits per heavy atom. The molecule has 0 aliphatic carbocycles. The molecule has 0 bridgehead atoms. The van der Waals surface area contributed by atoms with E-state index in [0.717, 1.165) is 75.4 Å². The maximum Gasteiger partial charge on any atom is 0.416 e. The minimum atomic E-state index is -4.32. The van der Waals surface area contributed by atoms with Crippen molar-refractivity contribution in [2.75, 3.05) is 32.0 Å². The molecule has 1 fully saturated rings. The van der Waals surface area contributed by atoms with Crippen LogP contribution in [0.15, 0.2) is 24.3 Å². The number of alkyl halides is 3. The first-order valence-corrected chi connectivity index (χ1v) is 9.65. The fraction of sp³-hybridized carbons (Fsp3) is 0.550. The van der Waals surface area contributed by atoms with Gasteiger partial charge < -0.3 is 10.2 Å². The van der Waals surface area contributed by atoms with Crippen LogP contribution in [0.5, 0.6) is 0 Å². The maximum atomic E-state index is 12.9. The SMILES string of the molecule is CN1CCC(c2nn(-c3ccc(C(F)(F)F)cc3)c3c2CCCCN3)CC1. The molecule has 4 rings (SSSR count). The average molecular weight is 378 g/mol. The molecule has 0 spiro atoms. The molecule has 1 aromatic heterocycles. The van der Waals surface area contributed by atoms with Gasteiger partial charge in [-0.3, -0.25) is 0 Å². The lowest BCUT2D eigenvalue weighted by Crippen LogP contribution is -2.29. The topological polar surface area (TPSA) is 33.1 Å². The second-order valence-electron chi connectivity index (χ2n) is 7.63. The van der Waals surface area contributed by atoms with Crippen molar-refractivity contribution >= 4 is 5.82 Å². The zero-order chi connectivity index (χ0) is 19.0. The minimum absolute atomic E-state index is 0.422. The first-order chi connectivity index (χ1) is 12.9. The molecule has 0 unspecified atom stereocenters. The van der Waals surface area contributed by atoms with Crippen molar-refractivity contribution in [3.05, 3.63) is 41.1 Å².